The van der Waals surface area contributed by atoms with Gasteiger partial charge in [0.05, 0.1) is 25.5 Å². The van der Waals surface area contributed by atoms with E-state index in [-0.39, 0.29) is 31.1 Å². The number of hydrogen-bond acceptors (Lipinski definition) is 4. The molecule has 0 heterocycles. The first-order valence-corrected chi connectivity index (χ1v) is 9.57. The van der Waals surface area contributed by atoms with Crippen LogP contribution in [0.15, 0.2) is 60.7 Å². The Morgan fingerprint density at radius 1 is 0.857 bits per heavy atom. The van der Waals surface area contributed by atoms with E-state index < -0.39 is 0 Å². The Kier molecular flexibility index (Phi) is 9.30. The summed E-state index contributed by atoms with van der Waals surface area (Å²) in [6.07, 6.45) is 1.82. The maximum absolute atomic E-state index is 12.5. The highest BCUT2D eigenvalue weighted by molar-refractivity contribution is 5.81. The first-order valence-electron chi connectivity index (χ1n) is 9.57. The van der Waals surface area contributed by atoms with Crippen molar-refractivity contribution < 1.29 is 14.3 Å². The smallest absolute Gasteiger partial charge is 0.306 e. The third kappa shape index (κ3) is 8.05. The standard InChI is InChI=1S/C23H26N2O3/c24-16-7-17-25(18-14-20-8-3-1-4-9-20)22(26)12-13-23(27)28-19-15-21-10-5-2-6-11-21/h1-6,8-11H,7,12-15,17-19H2. The van der Waals surface area contributed by atoms with E-state index in [4.69, 9.17) is 10.00 Å². The van der Waals surface area contributed by atoms with Gasteiger partial charge in [-0.2, -0.15) is 5.26 Å². The first-order chi connectivity index (χ1) is 13.7. The molecule has 2 rings (SSSR count). The molecule has 0 bridgehead atoms. The highest BCUT2D eigenvalue weighted by Gasteiger charge is 2.15. The highest BCUT2D eigenvalue weighted by atomic mass is 16.5. The van der Waals surface area contributed by atoms with Crippen molar-refractivity contribution in [1.82, 2.24) is 4.90 Å². The third-order valence-corrected chi connectivity index (χ3v) is 4.40. The fourth-order valence-corrected chi connectivity index (χ4v) is 2.82. The van der Waals surface area contributed by atoms with Crippen molar-refractivity contribution in [3.05, 3.63) is 71.8 Å². The fourth-order valence-electron chi connectivity index (χ4n) is 2.82. The number of amides is 1. The number of esters is 1. The monoisotopic (exact) mass is 378 g/mol. The maximum atomic E-state index is 12.5. The minimum absolute atomic E-state index is 0.0576. The molecule has 0 atom stereocenters. The largest absolute Gasteiger partial charge is 0.465 e. The molecule has 0 aromatic heterocycles. The summed E-state index contributed by atoms with van der Waals surface area (Å²) >= 11 is 0. The van der Waals surface area contributed by atoms with Gasteiger partial charge in [-0.25, -0.2) is 0 Å². The number of nitriles is 1. The van der Waals surface area contributed by atoms with Crippen LogP contribution < -0.4 is 0 Å². The molecule has 0 unspecified atom stereocenters. The van der Waals surface area contributed by atoms with E-state index in [1.54, 1.807) is 4.90 Å². The molecule has 5 heteroatoms. The summed E-state index contributed by atoms with van der Waals surface area (Å²) in [6.45, 7) is 1.22. The molecule has 1 amide bonds. The number of nitrogens with zero attached hydrogens (tertiary/aromatic N) is 2. The van der Waals surface area contributed by atoms with Crippen LogP contribution in [-0.2, 0) is 27.2 Å². The summed E-state index contributed by atoms with van der Waals surface area (Å²) in [5.74, 6) is -0.487. The van der Waals surface area contributed by atoms with Crippen molar-refractivity contribution in [2.75, 3.05) is 19.7 Å². The van der Waals surface area contributed by atoms with E-state index in [9.17, 15) is 9.59 Å². The molecule has 2 aromatic rings. The molecule has 0 saturated carbocycles. The van der Waals surface area contributed by atoms with Gasteiger partial charge in [-0.1, -0.05) is 60.7 Å². The third-order valence-electron chi connectivity index (χ3n) is 4.40. The molecule has 0 radical (unpaired) electrons. The molecule has 0 spiro atoms. The van der Waals surface area contributed by atoms with Gasteiger partial charge >= 0.3 is 5.97 Å². The van der Waals surface area contributed by atoms with Crippen LogP contribution in [0.25, 0.3) is 0 Å². The quantitative estimate of drug-likeness (QED) is 0.561. The van der Waals surface area contributed by atoms with Crippen LogP contribution in [0, 0.1) is 11.3 Å². The van der Waals surface area contributed by atoms with E-state index in [1.165, 1.54) is 0 Å². The Labute approximate surface area is 166 Å². The average molecular weight is 378 g/mol. The van der Waals surface area contributed by atoms with Crippen molar-refractivity contribution >= 4 is 11.9 Å². The van der Waals surface area contributed by atoms with Crippen LogP contribution in [0.4, 0.5) is 0 Å². The van der Waals surface area contributed by atoms with E-state index in [2.05, 4.69) is 6.07 Å². The van der Waals surface area contributed by atoms with Crippen LogP contribution in [0.1, 0.15) is 30.4 Å². The van der Waals surface area contributed by atoms with Crippen LogP contribution in [0.3, 0.4) is 0 Å². The van der Waals surface area contributed by atoms with E-state index in [0.717, 1.165) is 17.5 Å². The predicted octanol–water partition coefficient (Wildman–Crippen LogP) is 3.54. The van der Waals surface area contributed by atoms with Gasteiger partial charge < -0.3 is 9.64 Å². The van der Waals surface area contributed by atoms with E-state index in [1.807, 2.05) is 60.7 Å². The lowest BCUT2D eigenvalue weighted by molar-refractivity contribution is -0.146. The molecule has 0 aliphatic rings. The molecule has 0 aliphatic heterocycles. The molecule has 5 nitrogen and oxygen atoms in total. The molecule has 0 fully saturated rings. The minimum Gasteiger partial charge on any atom is -0.465 e. The van der Waals surface area contributed by atoms with Gasteiger partial charge in [-0.15, -0.1) is 0 Å². The minimum atomic E-state index is -0.368. The van der Waals surface area contributed by atoms with Gasteiger partial charge in [0.25, 0.3) is 0 Å². The average Bonchev–Trinajstić information content (AvgIpc) is 2.73. The van der Waals surface area contributed by atoms with Gasteiger partial charge in [0.1, 0.15) is 0 Å². The zero-order chi connectivity index (χ0) is 20.0. The lowest BCUT2D eigenvalue weighted by atomic mass is 10.1. The van der Waals surface area contributed by atoms with Crippen LogP contribution in [-0.4, -0.2) is 36.5 Å². The van der Waals surface area contributed by atoms with Crippen LogP contribution in [0.2, 0.25) is 0 Å². The van der Waals surface area contributed by atoms with E-state index in [0.29, 0.717) is 26.1 Å². The summed E-state index contributed by atoms with van der Waals surface area (Å²) in [5, 5.41) is 8.83. The zero-order valence-electron chi connectivity index (χ0n) is 16.0. The summed E-state index contributed by atoms with van der Waals surface area (Å²) in [5.41, 5.74) is 2.24. The van der Waals surface area contributed by atoms with Crippen LogP contribution in [0.5, 0.6) is 0 Å². The molecule has 2 aromatic carbocycles. The number of carbonyl (C=O) groups excluding carboxylic acids is 2. The van der Waals surface area contributed by atoms with Crippen LogP contribution >= 0.6 is 0 Å². The Bertz CT molecular complexity index is 769. The van der Waals surface area contributed by atoms with Gasteiger partial charge in [-0.3, -0.25) is 9.59 Å². The summed E-state index contributed by atoms with van der Waals surface area (Å²) in [4.78, 5) is 26.0. The second-order valence-corrected chi connectivity index (χ2v) is 6.48. The molecule has 0 saturated heterocycles. The van der Waals surface area contributed by atoms with Crippen molar-refractivity contribution in [3.63, 3.8) is 0 Å². The number of ether oxygens (including phenoxy) is 1. The topological polar surface area (TPSA) is 70.4 Å². The highest BCUT2D eigenvalue weighted by Crippen LogP contribution is 2.06. The number of benzene rings is 2. The molecule has 146 valence electrons. The predicted molar refractivity (Wildman–Crippen MR) is 107 cm³/mol. The molecular weight excluding hydrogens is 352 g/mol. The lowest BCUT2D eigenvalue weighted by Crippen LogP contribution is -2.34. The summed E-state index contributed by atoms with van der Waals surface area (Å²) in [6, 6.07) is 21.8. The van der Waals surface area contributed by atoms with Gasteiger partial charge in [0.2, 0.25) is 5.91 Å². The van der Waals surface area contributed by atoms with Crippen molar-refractivity contribution in [2.45, 2.75) is 32.1 Å². The Balaban J connectivity index is 1.73. The van der Waals surface area contributed by atoms with Gasteiger partial charge in [-0.05, 0) is 17.5 Å². The molecule has 0 aliphatic carbocycles. The van der Waals surface area contributed by atoms with Crippen molar-refractivity contribution in [1.29, 1.82) is 5.26 Å². The number of hydrogen-bond donors (Lipinski definition) is 0. The first kappa shape index (κ1) is 21.2. The van der Waals surface area contributed by atoms with Gasteiger partial charge in [0, 0.05) is 25.9 Å². The van der Waals surface area contributed by atoms with E-state index >= 15 is 0 Å². The lowest BCUT2D eigenvalue weighted by Gasteiger charge is -2.21. The number of carbonyl (C=O) groups is 2. The molecule has 28 heavy (non-hydrogen) atoms. The Morgan fingerprint density at radius 2 is 1.46 bits per heavy atom. The zero-order valence-corrected chi connectivity index (χ0v) is 16.0. The van der Waals surface area contributed by atoms with Crippen molar-refractivity contribution in [2.24, 2.45) is 0 Å². The SMILES string of the molecule is N#CCCN(CCc1ccccc1)C(=O)CCC(=O)OCCc1ccccc1. The van der Waals surface area contributed by atoms with Crippen molar-refractivity contribution in [3.8, 4) is 6.07 Å². The number of rotatable bonds is 11. The second-order valence-electron chi connectivity index (χ2n) is 6.48. The Morgan fingerprint density at radius 3 is 2.07 bits per heavy atom. The fraction of sp³-hybridized carbons (Fsp3) is 0.348. The second kappa shape index (κ2) is 12.3. The summed E-state index contributed by atoms with van der Waals surface area (Å²) < 4.78 is 5.22. The van der Waals surface area contributed by atoms with Gasteiger partial charge in [0.15, 0.2) is 0 Å². The summed E-state index contributed by atoms with van der Waals surface area (Å²) in [7, 11) is 0. The Hall–Kier alpha value is -3.13. The molecule has 0 N–H and O–H groups in total. The maximum Gasteiger partial charge on any atom is 0.306 e. The normalized spacial score (nSPS) is 10.1. The molecular formula is C23H26N2O3.